The third kappa shape index (κ3) is 4.80. The number of hydrogen-bond acceptors (Lipinski definition) is 4. The van der Waals surface area contributed by atoms with Gasteiger partial charge in [-0.1, -0.05) is 18.6 Å². The molecule has 10 heteroatoms. The summed E-state index contributed by atoms with van der Waals surface area (Å²) in [4.78, 5) is 42.1. The second-order valence-corrected chi connectivity index (χ2v) is 10.7. The second-order valence-electron chi connectivity index (χ2n) is 9.65. The molecule has 198 valence electrons. The van der Waals surface area contributed by atoms with Crippen LogP contribution in [0.15, 0.2) is 52.1 Å². The van der Waals surface area contributed by atoms with Gasteiger partial charge < -0.3 is 5.32 Å². The molecule has 1 N–H and O–H groups in total. The third-order valence-electron chi connectivity index (χ3n) is 7.01. The molecule has 0 spiro atoms. The van der Waals surface area contributed by atoms with E-state index >= 15 is 0 Å². The zero-order valence-corrected chi connectivity index (χ0v) is 21.8. The molecule has 0 saturated heterocycles. The van der Waals surface area contributed by atoms with Crippen LogP contribution in [0.5, 0.6) is 0 Å². The Hall–Kier alpha value is -3.66. The van der Waals surface area contributed by atoms with E-state index in [9.17, 15) is 27.6 Å². The molecule has 1 aliphatic carbocycles. The molecule has 0 radical (unpaired) electrons. The van der Waals surface area contributed by atoms with Gasteiger partial charge in [0.05, 0.1) is 16.6 Å². The molecule has 1 aliphatic rings. The molecule has 2 heterocycles. The van der Waals surface area contributed by atoms with Crippen LogP contribution in [0.4, 0.5) is 18.9 Å². The van der Waals surface area contributed by atoms with E-state index in [1.807, 2.05) is 19.9 Å². The Morgan fingerprint density at radius 1 is 1.00 bits per heavy atom. The number of hydrogen-bond donors (Lipinski definition) is 1. The number of benzene rings is 2. The van der Waals surface area contributed by atoms with Gasteiger partial charge in [0.15, 0.2) is 0 Å². The number of nitrogens with zero attached hydrogens (tertiary/aromatic N) is 2. The van der Waals surface area contributed by atoms with Crippen LogP contribution < -0.4 is 16.6 Å². The molecular formula is C28H26F3N3O3S. The summed E-state index contributed by atoms with van der Waals surface area (Å²) in [6.45, 7) is 3.37. The molecule has 5 rings (SSSR count). The molecule has 0 saturated carbocycles. The van der Waals surface area contributed by atoms with Gasteiger partial charge in [0.25, 0.3) is 5.56 Å². The van der Waals surface area contributed by atoms with Crippen molar-refractivity contribution in [1.82, 2.24) is 9.13 Å². The first-order valence-corrected chi connectivity index (χ1v) is 13.2. The number of anilines is 1. The van der Waals surface area contributed by atoms with Crippen LogP contribution in [0.25, 0.3) is 15.9 Å². The van der Waals surface area contributed by atoms with E-state index in [4.69, 9.17) is 0 Å². The maximum absolute atomic E-state index is 13.8. The predicted molar refractivity (Wildman–Crippen MR) is 142 cm³/mol. The van der Waals surface area contributed by atoms with Crippen molar-refractivity contribution in [3.63, 3.8) is 0 Å². The molecule has 1 amide bonds. The van der Waals surface area contributed by atoms with Crippen molar-refractivity contribution in [2.45, 2.75) is 58.7 Å². The van der Waals surface area contributed by atoms with Crippen molar-refractivity contribution >= 4 is 33.1 Å². The Kier molecular flexibility index (Phi) is 6.77. The molecule has 0 fully saturated rings. The van der Waals surface area contributed by atoms with Gasteiger partial charge in [-0.3, -0.25) is 14.2 Å². The first-order chi connectivity index (χ1) is 18.0. The van der Waals surface area contributed by atoms with Crippen LogP contribution >= 0.6 is 11.3 Å². The molecule has 6 nitrogen and oxygen atoms in total. The van der Waals surface area contributed by atoms with Crippen LogP contribution in [0.3, 0.4) is 0 Å². The van der Waals surface area contributed by atoms with Crippen LogP contribution in [-0.4, -0.2) is 15.0 Å². The third-order valence-corrected chi connectivity index (χ3v) is 8.33. The minimum atomic E-state index is -4.56. The maximum atomic E-state index is 13.8. The number of halogens is 3. The number of aryl methyl sites for hydroxylation is 4. The van der Waals surface area contributed by atoms with Gasteiger partial charge >= 0.3 is 11.9 Å². The van der Waals surface area contributed by atoms with E-state index in [2.05, 4.69) is 5.32 Å². The Bertz CT molecular complexity index is 1680. The molecule has 4 aromatic rings. The van der Waals surface area contributed by atoms with Crippen molar-refractivity contribution in [2.75, 3.05) is 5.32 Å². The van der Waals surface area contributed by atoms with Gasteiger partial charge in [-0.15, -0.1) is 11.3 Å². The smallest absolute Gasteiger partial charge is 0.325 e. The number of carbonyl (C=O) groups excluding carboxylic acids is 1. The molecular weight excluding hydrogens is 515 g/mol. The number of carbonyl (C=O) groups is 1. The highest BCUT2D eigenvalue weighted by atomic mass is 32.1. The summed E-state index contributed by atoms with van der Waals surface area (Å²) in [6.07, 6.45) is -0.0927. The minimum absolute atomic E-state index is 0.0291. The van der Waals surface area contributed by atoms with E-state index in [0.717, 1.165) is 64.0 Å². The summed E-state index contributed by atoms with van der Waals surface area (Å²) >= 11 is 1.35. The summed E-state index contributed by atoms with van der Waals surface area (Å²) in [5, 5.41) is 2.92. The number of nitrogens with one attached hydrogen (secondary N) is 1. The molecule has 2 aromatic heterocycles. The SMILES string of the molecule is Cc1ccc(-n2c(=O)c3c4c(sc3n(CC(=O)Nc3cccc(C(F)(F)F)c3)c2=O)CCCCC4)cc1C. The van der Waals surface area contributed by atoms with Crippen molar-refractivity contribution in [2.24, 2.45) is 0 Å². The number of aromatic nitrogens is 2. The Balaban J connectivity index is 1.64. The van der Waals surface area contributed by atoms with Crippen molar-refractivity contribution in [3.05, 3.63) is 90.4 Å². The fourth-order valence-corrected chi connectivity index (χ4v) is 6.27. The summed E-state index contributed by atoms with van der Waals surface area (Å²) in [7, 11) is 0. The maximum Gasteiger partial charge on any atom is 0.416 e. The quantitative estimate of drug-likeness (QED) is 0.334. The van der Waals surface area contributed by atoms with Gasteiger partial charge in [0.1, 0.15) is 11.4 Å². The lowest BCUT2D eigenvalue weighted by molar-refractivity contribution is -0.137. The van der Waals surface area contributed by atoms with Gasteiger partial charge in [-0.2, -0.15) is 13.2 Å². The first kappa shape index (κ1) is 26.0. The standard InChI is InChI=1S/C28H26F3N3O3S/c1-16-11-12-20(13-17(16)2)34-25(36)24-21-9-4-3-5-10-22(21)38-26(24)33(27(34)37)15-23(35)32-19-8-6-7-18(14-19)28(29,30)31/h6-8,11-14H,3-5,9-10,15H2,1-2H3,(H,32,35). The number of amides is 1. The fourth-order valence-electron chi connectivity index (χ4n) is 4.89. The number of rotatable bonds is 4. The van der Waals surface area contributed by atoms with Crippen LogP contribution in [-0.2, 0) is 30.4 Å². The highest BCUT2D eigenvalue weighted by molar-refractivity contribution is 7.18. The van der Waals surface area contributed by atoms with E-state index in [1.165, 1.54) is 28.0 Å². The summed E-state index contributed by atoms with van der Waals surface area (Å²) in [5.41, 5.74) is 1.25. The molecule has 0 aliphatic heterocycles. The monoisotopic (exact) mass is 541 g/mol. The largest absolute Gasteiger partial charge is 0.416 e. The van der Waals surface area contributed by atoms with Crippen molar-refractivity contribution in [1.29, 1.82) is 0 Å². The Morgan fingerprint density at radius 2 is 1.76 bits per heavy atom. The molecule has 38 heavy (non-hydrogen) atoms. The van der Waals surface area contributed by atoms with Gasteiger partial charge in [-0.25, -0.2) is 9.36 Å². The highest BCUT2D eigenvalue weighted by Gasteiger charge is 2.30. The number of thiophene rings is 1. The molecule has 2 aromatic carbocycles. The lowest BCUT2D eigenvalue weighted by Crippen LogP contribution is -2.40. The van der Waals surface area contributed by atoms with Crippen LogP contribution in [0, 0.1) is 13.8 Å². The second kappa shape index (κ2) is 9.90. The fraction of sp³-hybridized carbons (Fsp3) is 0.321. The molecule has 0 bridgehead atoms. The molecule has 0 unspecified atom stereocenters. The first-order valence-electron chi connectivity index (χ1n) is 12.4. The highest BCUT2D eigenvalue weighted by Crippen LogP contribution is 2.34. The van der Waals surface area contributed by atoms with Crippen LogP contribution in [0.1, 0.15) is 46.4 Å². The van der Waals surface area contributed by atoms with Gasteiger partial charge in [0.2, 0.25) is 5.91 Å². The summed E-state index contributed by atoms with van der Waals surface area (Å²) < 4.78 is 41.8. The average Bonchev–Trinajstić information content (AvgIpc) is 3.06. The van der Waals surface area contributed by atoms with E-state index in [1.54, 1.807) is 12.1 Å². The number of fused-ring (bicyclic) bond motifs is 3. The Labute approximate surface area is 220 Å². The normalized spacial score (nSPS) is 13.8. The van der Waals surface area contributed by atoms with Gasteiger partial charge in [-0.05, 0) is 86.6 Å². The van der Waals surface area contributed by atoms with Crippen LogP contribution in [0.2, 0.25) is 0 Å². The summed E-state index contributed by atoms with van der Waals surface area (Å²) in [6, 6.07) is 9.63. The average molecular weight is 542 g/mol. The zero-order valence-electron chi connectivity index (χ0n) is 20.9. The van der Waals surface area contributed by atoms with Crippen molar-refractivity contribution < 1.29 is 18.0 Å². The number of alkyl halides is 3. The van der Waals surface area contributed by atoms with Gasteiger partial charge in [0, 0.05) is 10.6 Å². The summed E-state index contributed by atoms with van der Waals surface area (Å²) in [5.74, 6) is -0.665. The minimum Gasteiger partial charge on any atom is -0.325 e. The topological polar surface area (TPSA) is 73.1 Å². The van der Waals surface area contributed by atoms with E-state index < -0.39 is 35.4 Å². The molecule has 0 atom stereocenters. The van der Waals surface area contributed by atoms with E-state index in [0.29, 0.717) is 22.3 Å². The van der Waals surface area contributed by atoms with Crippen molar-refractivity contribution in [3.8, 4) is 5.69 Å². The predicted octanol–water partition coefficient (Wildman–Crippen LogP) is 5.76. The van der Waals surface area contributed by atoms with E-state index in [-0.39, 0.29) is 5.69 Å². The lowest BCUT2D eigenvalue weighted by atomic mass is 10.1. The zero-order chi connectivity index (χ0) is 27.2. The Morgan fingerprint density at radius 3 is 2.50 bits per heavy atom. The lowest BCUT2D eigenvalue weighted by Gasteiger charge is -2.14.